The highest BCUT2D eigenvalue weighted by atomic mass is 35.5. The number of benzene rings is 2. The van der Waals surface area contributed by atoms with Gasteiger partial charge in [-0.05, 0) is 42.8 Å². The Balaban J connectivity index is 1.82. The zero-order valence-corrected chi connectivity index (χ0v) is 14.4. The summed E-state index contributed by atoms with van der Waals surface area (Å²) in [4.78, 5) is 11.4. The number of ether oxygens (including phenoxy) is 1. The molecule has 3 rings (SSSR count). The smallest absolute Gasteiger partial charge is 0.337 e. The largest absolute Gasteiger partial charge is 0.465 e. The summed E-state index contributed by atoms with van der Waals surface area (Å²) in [6, 6.07) is 14.6. The number of carbonyl (C=O) groups excluding carboxylic acids is 1. The van der Waals surface area contributed by atoms with E-state index in [1.54, 1.807) is 30.3 Å². The van der Waals surface area contributed by atoms with Crippen LogP contribution in [0.25, 0.3) is 22.6 Å². The third kappa shape index (κ3) is 3.95. The molecule has 1 aromatic heterocycles. The summed E-state index contributed by atoms with van der Waals surface area (Å²) in [5.74, 6) is 0.253. The number of hydrogen-bond donors (Lipinski definition) is 0. The lowest BCUT2D eigenvalue weighted by atomic mass is 10.1. The first kappa shape index (κ1) is 16.9. The third-order valence-electron chi connectivity index (χ3n) is 3.52. The lowest BCUT2D eigenvalue weighted by molar-refractivity contribution is 0.0600. The lowest BCUT2D eigenvalue weighted by Gasteiger charge is -2.00. The van der Waals surface area contributed by atoms with Crippen molar-refractivity contribution in [2.24, 2.45) is 0 Å². The van der Waals surface area contributed by atoms with Gasteiger partial charge in [0.1, 0.15) is 5.03 Å². The molecule has 0 N–H and O–H groups in total. The van der Waals surface area contributed by atoms with E-state index in [4.69, 9.17) is 16.0 Å². The Hall–Kier alpha value is -2.92. The third-order valence-corrected chi connectivity index (χ3v) is 3.79. The summed E-state index contributed by atoms with van der Waals surface area (Å²) < 4.78 is 10.3. The topological polar surface area (TPSA) is 65.2 Å². The number of esters is 1. The molecule has 3 aromatic rings. The van der Waals surface area contributed by atoms with Gasteiger partial charge in [0.05, 0.1) is 12.7 Å². The van der Waals surface area contributed by atoms with E-state index in [1.807, 2.05) is 31.2 Å². The monoisotopic (exact) mass is 354 g/mol. The molecule has 126 valence electrons. The van der Waals surface area contributed by atoms with Crippen molar-refractivity contribution in [2.75, 3.05) is 7.11 Å². The van der Waals surface area contributed by atoms with Crippen molar-refractivity contribution in [1.29, 1.82) is 0 Å². The summed E-state index contributed by atoms with van der Waals surface area (Å²) in [5, 5.41) is 8.34. The van der Waals surface area contributed by atoms with Crippen LogP contribution in [0.5, 0.6) is 0 Å². The fourth-order valence-corrected chi connectivity index (χ4v) is 2.46. The molecule has 0 amide bonds. The van der Waals surface area contributed by atoms with Crippen LogP contribution in [0.3, 0.4) is 0 Å². The van der Waals surface area contributed by atoms with Crippen molar-refractivity contribution >= 4 is 28.7 Å². The quantitative estimate of drug-likeness (QED) is 0.642. The maximum Gasteiger partial charge on any atom is 0.337 e. The van der Waals surface area contributed by atoms with E-state index in [0.717, 1.165) is 16.7 Å². The molecule has 6 heteroatoms. The van der Waals surface area contributed by atoms with Crippen LogP contribution in [0.1, 0.15) is 27.4 Å². The first-order valence-electron chi connectivity index (χ1n) is 7.53. The van der Waals surface area contributed by atoms with E-state index in [2.05, 4.69) is 14.9 Å². The van der Waals surface area contributed by atoms with Crippen molar-refractivity contribution in [1.82, 2.24) is 10.2 Å². The molecule has 2 aromatic carbocycles. The highest BCUT2D eigenvalue weighted by molar-refractivity contribution is 6.50. The second kappa shape index (κ2) is 7.32. The van der Waals surface area contributed by atoms with Crippen molar-refractivity contribution in [3.05, 3.63) is 71.1 Å². The number of aromatic nitrogens is 2. The maximum absolute atomic E-state index is 11.4. The van der Waals surface area contributed by atoms with Gasteiger partial charge in [-0.25, -0.2) is 4.79 Å². The van der Waals surface area contributed by atoms with Gasteiger partial charge in [-0.2, -0.15) is 0 Å². The molecule has 5 nitrogen and oxygen atoms in total. The summed E-state index contributed by atoms with van der Waals surface area (Å²) in [6.07, 6.45) is 1.69. The number of hydrogen-bond acceptors (Lipinski definition) is 5. The van der Waals surface area contributed by atoms with Crippen LogP contribution < -0.4 is 0 Å². The van der Waals surface area contributed by atoms with Gasteiger partial charge in [0.25, 0.3) is 5.89 Å². The first-order chi connectivity index (χ1) is 12.1. The Morgan fingerprint density at radius 1 is 1.16 bits per heavy atom. The predicted molar refractivity (Wildman–Crippen MR) is 96.0 cm³/mol. The van der Waals surface area contributed by atoms with E-state index < -0.39 is 0 Å². The summed E-state index contributed by atoms with van der Waals surface area (Å²) in [7, 11) is 1.34. The number of methoxy groups -OCH3 is 1. The van der Waals surface area contributed by atoms with Gasteiger partial charge in [0.2, 0.25) is 5.89 Å². The van der Waals surface area contributed by atoms with E-state index in [9.17, 15) is 4.79 Å². The Morgan fingerprint density at radius 3 is 2.60 bits per heavy atom. The second-order valence-corrected chi connectivity index (χ2v) is 5.79. The van der Waals surface area contributed by atoms with E-state index in [0.29, 0.717) is 16.5 Å². The standard InChI is InChI=1S/C19H15ClN2O3/c1-12-4-3-5-15(10-12)17-21-22-18(25-17)16(20)11-13-6-8-14(9-7-13)19(23)24-2/h3-11H,1-2H3/b16-11-. The first-order valence-corrected chi connectivity index (χ1v) is 7.91. The minimum absolute atomic E-state index is 0.232. The molecule has 0 fully saturated rings. The molecule has 0 saturated carbocycles. The molecule has 0 saturated heterocycles. The van der Waals surface area contributed by atoms with Crippen LogP contribution in [-0.2, 0) is 4.74 Å². The van der Waals surface area contributed by atoms with Gasteiger partial charge in [-0.3, -0.25) is 0 Å². The molecule has 25 heavy (non-hydrogen) atoms. The molecular formula is C19H15ClN2O3. The van der Waals surface area contributed by atoms with E-state index in [1.165, 1.54) is 7.11 Å². The normalized spacial score (nSPS) is 11.4. The van der Waals surface area contributed by atoms with Crippen molar-refractivity contribution in [3.63, 3.8) is 0 Å². The van der Waals surface area contributed by atoms with Crippen LogP contribution in [0.4, 0.5) is 0 Å². The second-order valence-electron chi connectivity index (χ2n) is 5.39. The Kier molecular flexibility index (Phi) is 4.95. The van der Waals surface area contributed by atoms with E-state index >= 15 is 0 Å². The van der Waals surface area contributed by atoms with Crippen LogP contribution in [0.15, 0.2) is 52.9 Å². The average Bonchev–Trinajstić information content (AvgIpc) is 3.12. The fraction of sp³-hybridized carbons (Fsp3) is 0.105. The van der Waals surface area contributed by atoms with Crippen molar-refractivity contribution in [3.8, 4) is 11.5 Å². The minimum atomic E-state index is -0.388. The number of nitrogens with zero attached hydrogens (tertiary/aromatic N) is 2. The molecule has 0 unspecified atom stereocenters. The van der Waals surface area contributed by atoms with Crippen LogP contribution in [0, 0.1) is 6.92 Å². The zero-order chi connectivity index (χ0) is 17.8. The van der Waals surface area contributed by atoms with Crippen molar-refractivity contribution < 1.29 is 13.9 Å². The van der Waals surface area contributed by atoms with Crippen molar-refractivity contribution in [2.45, 2.75) is 6.92 Å². The number of carbonyl (C=O) groups is 1. The number of aryl methyl sites for hydroxylation is 1. The molecular weight excluding hydrogens is 340 g/mol. The highest BCUT2D eigenvalue weighted by Crippen LogP contribution is 2.25. The molecule has 0 bridgehead atoms. The molecule has 0 atom stereocenters. The molecule has 0 aliphatic carbocycles. The Labute approximate surface area is 149 Å². The van der Waals surface area contributed by atoms with Gasteiger partial charge >= 0.3 is 5.97 Å². The Bertz CT molecular complexity index is 930. The fourth-order valence-electron chi connectivity index (χ4n) is 2.26. The van der Waals surface area contributed by atoms with Gasteiger partial charge in [-0.1, -0.05) is 41.4 Å². The Morgan fingerprint density at radius 2 is 1.92 bits per heavy atom. The van der Waals surface area contributed by atoms with Crippen LogP contribution >= 0.6 is 11.6 Å². The van der Waals surface area contributed by atoms with Gasteiger partial charge in [0.15, 0.2) is 0 Å². The van der Waals surface area contributed by atoms with Gasteiger partial charge < -0.3 is 9.15 Å². The lowest BCUT2D eigenvalue weighted by Crippen LogP contribution is -2.00. The SMILES string of the molecule is COC(=O)c1ccc(/C=C(\Cl)c2nnc(-c3cccc(C)c3)o2)cc1. The summed E-state index contributed by atoms with van der Waals surface area (Å²) in [5.41, 5.74) is 3.21. The molecule has 0 radical (unpaired) electrons. The minimum Gasteiger partial charge on any atom is -0.465 e. The summed E-state index contributed by atoms with van der Waals surface area (Å²) in [6.45, 7) is 1.99. The summed E-state index contributed by atoms with van der Waals surface area (Å²) >= 11 is 6.28. The maximum atomic E-state index is 11.4. The molecule has 1 heterocycles. The average molecular weight is 355 g/mol. The molecule has 0 aliphatic heterocycles. The van der Waals surface area contributed by atoms with Crippen LogP contribution in [0.2, 0.25) is 0 Å². The predicted octanol–water partition coefficient (Wildman–Crippen LogP) is 4.57. The molecule has 0 aliphatic rings. The molecule has 0 spiro atoms. The zero-order valence-electron chi connectivity index (χ0n) is 13.7. The highest BCUT2D eigenvalue weighted by Gasteiger charge is 2.12. The van der Waals surface area contributed by atoms with Crippen LogP contribution in [-0.4, -0.2) is 23.3 Å². The number of halogens is 1. The number of rotatable bonds is 4. The van der Waals surface area contributed by atoms with Gasteiger partial charge in [-0.15, -0.1) is 10.2 Å². The van der Waals surface area contributed by atoms with E-state index in [-0.39, 0.29) is 11.9 Å². The van der Waals surface area contributed by atoms with Gasteiger partial charge in [0, 0.05) is 5.56 Å².